The van der Waals surface area contributed by atoms with Crippen LogP contribution >= 0.6 is 17.8 Å². The zero-order valence-corrected chi connectivity index (χ0v) is 50.1. The van der Waals surface area contributed by atoms with Gasteiger partial charge in [-0.15, -0.1) is 0 Å². The maximum atomic E-state index is 13.6. The summed E-state index contributed by atoms with van der Waals surface area (Å²) in [6.45, 7) is 5.58. The number of nitrogen functional groups attached to an aromatic ring is 1. The number of benzene rings is 4. The van der Waals surface area contributed by atoms with Crippen molar-refractivity contribution in [2.45, 2.75) is 89.1 Å². The summed E-state index contributed by atoms with van der Waals surface area (Å²) in [5.74, 6) is -0.988. The molecule has 2 aliphatic carbocycles. The Labute approximate surface area is 498 Å². The van der Waals surface area contributed by atoms with E-state index < -0.39 is 95.2 Å². The van der Waals surface area contributed by atoms with E-state index >= 15 is 0 Å². The summed E-state index contributed by atoms with van der Waals surface area (Å²) in [6.07, 6.45) is 4.89. The molecular formula is C54H62Cl2N8O17S2Sn. The number of hydrogen-bond donors (Lipinski definition) is 1. The third kappa shape index (κ3) is 14.7. The number of nitrogens with zero attached hydrogens (tertiary/aromatic N) is 7. The van der Waals surface area contributed by atoms with Crippen molar-refractivity contribution in [3.63, 3.8) is 0 Å². The van der Waals surface area contributed by atoms with Gasteiger partial charge < -0.3 is 29.8 Å². The molecule has 3 fully saturated rings. The number of fused-ring (bicyclic) bond motifs is 2. The van der Waals surface area contributed by atoms with Crippen molar-refractivity contribution >= 4 is 90.4 Å². The van der Waals surface area contributed by atoms with E-state index in [0.717, 1.165) is 65.4 Å². The number of nitrogens with two attached hydrogens (primary N) is 1. The topological polar surface area (TPSA) is 360 Å². The molecule has 4 aromatic carbocycles. The van der Waals surface area contributed by atoms with Crippen LogP contribution in [-0.4, -0.2) is 92.2 Å². The standard InChI is InChI=1S/C24H20N4O8S.C24H22N4O6S.C4H8O.2CH4.2ClH.2H2O.Sn/c1-14-6-10-18(11-7-14)37(34,35)36-19-13-20(29)25(2)22-21(19)23(30)27(15-8-9-15)24(31)26(22)16-4-3-5-17(12-16)28(32)33;1-14-6-10-18(11-7-14)35(32,33)34-19-13-20(29)26(2)22-21(19)23(30)28(16-8-9-16)24(31)27(22)17-5-3-4-15(25)12-17;1-2-4-5-3-1;;;;;;;/h3-7,10-13,15H,8-9H2,1-2H3;3-7,10-13,16H,8-9,25H2,1-2H3;1-4H2;2*1H4;2*1H;2*1H2;/q;;;;;;;;;+2/p-2. The van der Waals surface area contributed by atoms with Crippen LogP contribution in [-0.2, 0) is 39.1 Å². The van der Waals surface area contributed by atoms with Crippen LogP contribution in [0.4, 0.5) is 11.4 Å². The van der Waals surface area contributed by atoms with Crippen LogP contribution < -0.4 is 47.7 Å². The Hall–Kier alpha value is -7.38. The predicted octanol–water partition coefficient (Wildman–Crippen LogP) is 5.43. The fourth-order valence-electron chi connectivity index (χ4n) is 8.63. The molecule has 11 rings (SSSR count). The molecular weight excluding hydrogens is 1290 g/mol. The van der Waals surface area contributed by atoms with Gasteiger partial charge in [-0.05, 0) is 101 Å². The second-order valence-corrected chi connectivity index (χ2v) is 26.1. The van der Waals surface area contributed by atoms with E-state index in [1.54, 1.807) is 49.4 Å². The van der Waals surface area contributed by atoms with E-state index in [2.05, 4.69) is 0 Å². The van der Waals surface area contributed by atoms with Gasteiger partial charge in [0.05, 0.1) is 16.3 Å². The number of hydrogen-bond acceptors (Lipinski definition) is 16. The second-order valence-electron chi connectivity index (χ2n) is 18.7. The minimum absolute atomic E-state index is 0. The summed E-state index contributed by atoms with van der Waals surface area (Å²) in [5, 5.41) is 10.9. The zero-order chi connectivity index (χ0) is 58.0. The number of ether oxygens (including phenoxy) is 1. The normalized spacial score (nSPS) is 13.4. The van der Waals surface area contributed by atoms with Crippen molar-refractivity contribution in [3.05, 3.63) is 193 Å². The van der Waals surface area contributed by atoms with Gasteiger partial charge >= 0.3 is 68.3 Å². The first-order valence-electron chi connectivity index (χ1n) is 24.5. The van der Waals surface area contributed by atoms with Crippen LogP contribution in [0.25, 0.3) is 33.4 Å². The van der Waals surface area contributed by atoms with E-state index in [4.69, 9.17) is 36.7 Å². The van der Waals surface area contributed by atoms with Gasteiger partial charge in [-0.2, -0.15) is 16.8 Å². The molecule has 25 nitrogen and oxygen atoms in total. The molecule has 2 radical (unpaired) electrons. The Morgan fingerprint density at radius 3 is 1.31 bits per heavy atom. The average molecular weight is 1350 g/mol. The van der Waals surface area contributed by atoms with Crippen molar-refractivity contribution in [2.24, 2.45) is 14.1 Å². The Balaban J connectivity index is 0.000000306. The van der Waals surface area contributed by atoms with Crippen molar-refractivity contribution in [1.29, 1.82) is 0 Å². The van der Waals surface area contributed by atoms with Crippen molar-refractivity contribution < 1.29 is 45.8 Å². The first-order valence-corrected chi connectivity index (χ1v) is 34.5. The maximum absolute atomic E-state index is 13.6. The van der Waals surface area contributed by atoms with E-state index in [0.29, 0.717) is 37.1 Å². The number of anilines is 1. The molecule has 3 aliphatic rings. The van der Waals surface area contributed by atoms with E-state index in [-0.39, 0.29) is 75.1 Å². The van der Waals surface area contributed by atoms with Crippen molar-refractivity contribution in [2.75, 3.05) is 18.9 Å². The minimum atomic E-state index is -4.46. The molecule has 0 bridgehead atoms. The third-order valence-corrected chi connectivity index (χ3v) is 15.4. The number of non-ortho nitro benzene ring substituents is 1. The molecule has 84 heavy (non-hydrogen) atoms. The molecule has 0 unspecified atom stereocenters. The van der Waals surface area contributed by atoms with Gasteiger partial charge in [-0.25, -0.2) is 18.7 Å². The molecule has 8 aromatic rings. The molecule has 30 heteroatoms. The molecule has 4 aromatic heterocycles. The number of halogens is 2. The monoisotopic (exact) mass is 1350 g/mol. The molecule has 2 saturated carbocycles. The SMILES string of the molecule is C.C.C1CCOC1.Cc1ccc(S(=O)(=O)Oc2cc(=O)n(C)c3c2c(=O)n(C2CC2)c(=O)n3-c2cccc(N)c2)cc1.Cc1ccc(S(=O)(=O)Oc2cc(=O)n(C)c3c2c(=O)n(C2CC2)c(=O)n3-c2cccc([N+](=O)[O-])c2)cc1.O.O.[Cl][Sn][Cl]. The summed E-state index contributed by atoms with van der Waals surface area (Å²) in [4.78, 5) is 90.4. The molecule has 0 atom stereocenters. The van der Waals surface area contributed by atoms with Crippen LogP contribution in [0.3, 0.4) is 0 Å². The first kappa shape index (κ1) is 69.1. The van der Waals surface area contributed by atoms with Gasteiger partial charge in [0, 0.05) is 69.3 Å². The second kappa shape index (κ2) is 28.5. The molecule has 0 spiro atoms. The molecule has 450 valence electrons. The zero-order valence-electron chi connectivity index (χ0n) is 44.1. The predicted molar refractivity (Wildman–Crippen MR) is 322 cm³/mol. The Morgan fingerprint density at radius 2 is 0.976 bits per heavy atom. The molecule has 0 amide bonds. The number of nitro groups is 1. The third-order valence-electron chi connectivity index (χ3n) is 12.9. The van der Waals surface area contributed by atoms with Gasteiger partial charge in [0.25, 0.3) is 27.9 Å². The van der Waals surface area contributed by atoms with Gasteiger partial charge in [-0.1, -0.05) is 62.4 Å². The summed E-state index contributed by atoms with van der Waals surface area (Å²) >= 11 is -0.826. The fraction of sp³-hybridized carbons (Fsp3) is 0.296. The van der Waals surface area contributed by atoms with Crippen LogP contribution in [0.2, 0.25) is 0 Å². The Morgan fingerprint density at radius 1 is 0.607 bits per heavy atom. The van der Waals surface area contributed by atoms with Gasteiger partial charge in [-0.3, -0.25) is 47.6 Å². The van der Waals surface area contributed by atoms with Crippen LogP contribution in [0.15, 0.2) is 148 Å². The number of aromatic nitrogens is 6. The fourth-order valence-corrected chi connectivity index (χ4v) is 10.5. The van der Waals surface area contributed by atoms with E-state index in [1.807, 2.05) is 6.92 Å². The van der Waals surface area contributed by atoms with Crippen molar-refractivity contribution in [1.82, 2.24) is 27.4 Å². The Kier molecular flexibility index (Phi) is 23.4. The Bertz CT molecular complexity index is 4340. The number of aryl methyl sites for hydroxylation is 4. The van der Waals surface area contributed by atoms with Gasteiger partial charge in [0.1, 0.15) is 31.9 Å². The van der Waals surface area contributed by atoms with Crippen LogP contribution in [0, 0.1) is 24.0 Å². The van der Waals surface area contributed by atoms with E-state index in [1.165, 1.54) is 80.0 Å². The number of pyridine rings is 2. The van der Waals surface area contributed by atoms with Crippen molar-refractivity contribution in [3.8, 4) is 22.9 Å². The quantitative estimate of drug-likeness (QED) is 0.0554. The summed E-state index contributed by atoms with van der Waals surface area (Å²) < 4.78 is 74.2. The van der Waals surface area contributed by atoms with Gasteiger partial charge in [0.15, 0.2) is 11.5 Å². The van der Waals surface area contributed by atoms with E-state index in [9.17, 15) is 55.7 Å². The van der Waals surface area contributed by atoms with Crippen LogP contribution in [0.1, 0.15) is 76.6 Å². The molecule has 1 saturated heterocycles. The summed E-state index contributed by atoms with van der Waals surface area (Å²) in [5.41, 5.74) is 3.20. The number of nitro benzene ring substituents is 1. The van der Waals surface area contributed by atoms with Crippen LogP contribution in [0.5, 0.6) is 11.5 Å². The molecule has 6 N–H and O–H groups in total. The summed E-state index contributed by atoms with van der Waals surface area (Å²) in [6, 6.07) is 24.4. The first-order chi connectivity index (χ1) is 38.0. The number of rotatable bonds is 11. The molecule has 5 heterocycles. The van der Waals surface area contributed by atoms with Gasteiger partial charge in [0.2, 0.25) is 0 Å². The molecule has 1 aliphatic heterocycles. The summed E-state index contributed by atoms with van der Waals surface area (Å²) in [7, 11) is 3.72. The average Bonchev–Trinajstić information content (AvgIpc) is 1.88.